The Bertz CT molecular complexity index is 2580. The molecule has 0 spiro atoms. The highest BCUT2D eigenvalue weighted by atomic mass is 79.9. The van der Waals surface area contributed by atoms with Gasteiger partial charge >= 0.3 is 5.97 Å². The number of fused-ring (bicyclic) bond motifs is 2. The van der Waals surface area contributed by atoms with E-state index in [4.69, 9.17) is 5.11 Å². The number of likely N-dealkylation sites (tertiary alicyclic amines) is 1. The highest BCUT2D eigenvalue weighted by Crippen LogP contribution is 2.30. The van der Waals surface area contributed by atoms with Crippen LogP contribution in [0.25, 0.3) is 21.8 Å². The Kier molecular flexibility index (Phi) is 14.9. The van der Waals surface area contributed by atoms with E-state index in [9.17, 15) is 37.5 Å². The van der Waals surface area contributed by atoms with Crippen molar-refractivity contribution in [1.29, 1.82) is 0 Å². The van der Waals surface area contributed by atoms with Crippen LogP contribution in [0.15, 0.2) is 106 Å². The van der Waals surface area contributed by atoms with Crippen LogP contribution in [-0.4, -0.2) is 94.5 Å². The van der Waals surface area contributed by atoms with Crippen molar-refractivity contribution in [2.45, 2.75) is 12.8 Å². The first kappa shape index (κ1) is 44.5. The fourth-order valence-corrected chi connectivity index (χ4v) is 7.90. The van der Waals surface area contributed by atoms with Gasteiger partial charge in [-0.2, -0.15) is 0 Å². The molecule has 2 aromatic heterocycles. The van der Waals surface area contributed by atoms with Crippen molar-refractivity contribution in [3.8, 4) is 0 Å². The van der Waals surface area contributed by atoms with Crippen LogP contribution >= 0.6 is 31.9 Å². The molecule has 4 aromatic carbocycles. The van der Waals surface area contributed by atoms with Crippen LogP contribution in [0.3, 0.4) is 0 Å². The number of aromatic amines is 2. The molecule has 0 unspecified atom stereocenters. The molecule has 17 heteroatoms. The van der Waals surface area contributed by atoms with Gasteiger partial charge in [0.15, 0.2) is 0 Å². The number of amides is 3. The molecule has 2 fully saturated rings. The van der Waals surface area contributed by atoms with Crippen molar-refractivity contribution >= 4 is 88.9 Å². The first-order valence-electron chi connectivity index (χ1n) is 19.2. The summed E-state index contributed by atoms with van der Waals surface area (Å²) in [5.41, 5.74) is 1.96. The maximum absolute atomic E-state index is 14.3. The van der Waals surface area contributed by atoms with Crippen molar-refractivity contribution in [2.75, 3.05) is 39.3 Å². The Labute approximate surface area is 364 Å². The van der Waals surface area contributed by atoms with Crippen molar-refractivity contribution in [3.05, 3.63) is 140 Å². The number of hydrogen-bond acceptors (Lipinski definition) is 7. The first-order chi connectivity index (χ1) is 29.3. The van der Waals surface area contributed by atoms with E-state index in [1.54, 1.807) is 30.3 Å². The van der Waals surface area contributed by atoms with E-state index in [0.717, 1.165) is 31.6 Å². The number of hydrogen-bond donors (Lipinski definition) is 6. The van der Waals surface area contributed by atoms with Gasteiger partial charge in [0.25, 0.3) is 29.3 Å². The van der Waals surface area contributed by atoms with Gasteiger partial charge in [0.1, 0.15) is 11.6 Å². The SMILES string of the molecule is O=C(NC[C@@H]1CCN(C(=O)C(=O)c2c[nH]c3c(Br)ccc(F)c23)C1)c1ccccc1.O=C(NC[C@@H]1CCNC1)c1ccccc1.O=C(O)C(=O)c1c[nH]c2c(Br)ccc(F)c12. The second-order valence-corrected chi connectivity index (χ2v) is 16.1. The molecule has 13 nitrogen and oxygen atoms in total. The zero-order chi connectivity index (χ0) is 43.6. The summed E-state index contributed by atoms with van der Waals surface area (Å²) in [5.74, 6) is -4.83. The zero-order valence-electron chi connectivity index (χ0n) is 32.4. The number of carbonyl (C=O) groups excluding carboxylic acids is 5. The van der Waals surface area contributed by atoms with Gasteiger partial charge in [-0.25, -0.2) is 13.6 Å². The lowest BCUT2D eigenvalue weighted by Gasteiger charge is -2.16. The standard InChI is InChI=1S/C22H19BrFN3O3.C12H16N2O.C10H5BrFNO3/c23-16-6-7-17(24)18-15(11-25-19(16)18)20(28)22(30)27-9-8-13(12-27)10-26-21(29)14-4-2-1-3-5-14;15-12(11-4-2-1-3-5-11)14-9-10-6-7-13-8-10;11-5-1-2-6(12)7-4(3-13-8(5)7)9(14)10(15)16/h1-7,11,13,25H,8-10,12H2,(H,26,29);1-5,10,13H,6-9H2,(H,14,15);1-3,13H,(H,15,16)/t13-;10-;/m01./s1. The molecule has 0 bridgehead atoms. The second-order valence-electron chi connectivity index (χ2n) is 14.3. The summed E-state index contributed by atoms with van der Waals surface area (Å²) < 4.78 is 29.0. The maximum atomic E-state index is 14.3. The minimum absolute atomic E-state index is 0.0122. The predicted octanol–water partition coefficient (Wildman–Crippen LogP) is 6.89. The summed E-state index contributed by atoms with van der Waals surface area (Å²) in [6.07, 6.45) is 4.40. The number of ketones is 2. The van der Waals surface area contributed by atoms with Crippen LogP contribution in [0.5, 0.6) is 0 Å². The molecule has 0 saturated carbocycles. The van der Waals surface area contributed by atoms with Gasteiger partial charge in [-0.1, -0.05) is 36.4 Å². The monoisotopic (exact) mass is 960 g/mol. The van der Waals surface area contributed by atoms with Crippen LogP contribution in [0.4, 0.5) is 8.78 Å². The molecule has 0 radical (unpaired) electrons. The quantitative estimate of drug-likeness (QED) is 0.0631. The summed E-state index contributed by atoms with van der Waals surface area (Å²) in [7, 11) is 0. The molecule has 2 saturated heterocycles. The largest absolute Gasteiger partial charge is 0.475 e. The number of Topliss-reactive ketones (excluding diaryl/α,β-unsaturated/α-hetero) is 2. The fourth-order valence-electron chi connectivity index (χ4n) is 7.01. The topological polar surface area (TPSA) is 194 Å². The van der Waals surface area contributed by atoms with Crippen LogP contribution in [0.1, 0.15) is 54.3 Å². The van der Waals surface area contributed by atoms with Crippen molar-refractivity contribution in [1.82, 2.24) is 30.8 Å². The van der Waals surface area contributed by atoms with E-state index < -0.39 is 35.1 Å². The lowest BCUT2D eigenvalue weighted by Crippen LogP contribution is -2.36. The molecule has 6 aromatic rings. The number of carboxylic acids is 1. The van der Waals surface area contributed by atoms with Crippen molar-refractivity contribution < 1.29 is 42.7 Å². The van der Waals surface area contributed by atoms with Crippen LogP contribution < -0.4 is 16.0 Å². The second kappa shape index (κ2) is 20.5. The number of H-pyrrole nitrogens is 2. The van der Waals surface area contributed by atoms with E-state index in [1.165, 1.54) is 35.5 Å². The van der Waals surface area contributed by atoms with Gasteiger partial charge in [-0.15, -0.1) is 0 Å². The van der Waals surface area contributed by atoms with Gasteiger partial charge in [-0.05, 0) is 118 Å². The minimum Gasteiger partial charge on any atom is -0.475 e. The molecule has 8 rings (SSSR count). The number of nitrogens with one attached hydrogen (secondary N) is 5. The van der Waals surface area contributed by atoms with Crippen molar-refractivity contribution in [3.63, 3.8) is 0 Å². The fraction of sp³-hybridized carbons (Fsp3) is 0.227. The summed E-state index contributed by atoms with van der Waals surface area (Å²) in [4.78, 5) is 78.1. The van der Waals surface area contributed by atoms with Crippen LogP contribution in [-0.2, 0) is 9.59 Å². The number of aliphatic carboxylic acids is 1. The number of nitrogens with zero attached hydrogens (tertiary/aromatic N) is 1. The lowest BCUT2D eigenvalue weighted by molar-refractivity contribution is -0.131. The van der Waals surface area contributed by atoms with Crippen LogP contribution in [0, 0.1) is 23.5 Å². The third-order valence-electron chi connectivity index (χ3n) is 10.3. The maximum Gasteiger partial charge on any atom is 0.377 e. The number of aromatic nitrogens is 2. The van der Waals surface area contributed by atoms with Gasteiger partial charge in [0.2, 0.25) is 0 Å². The molecule has 316 valence electrons. The summed E-state index contributed by atoms with van der Waals surface area (Å²) in [5, 5.41) is 17.8. The molecule has 2 aliphatic rings. The molecule has 4 heterocycles. The third-order valence-corrected chi connectivity index (χ3v) is 11.6. The van der Waals surface area contributed by atoms with Crippen LogP contribution in [0.2, 0.25) is 0 Å². The lowest BCUT2D eigenvalue weighted by atomic mass is 10.1. The van der Waals surface area contributed by atoms with E-state index in [2.05, 4.69) is 57.8 Å². The number of halogens is 4. The summed E-state index contributed by atoms with van der Waals surface area (Å²) >= 11 is 6.49. The number of carbonyl (C=O) groups is 6. The van der Waals surface area contributed by atoms with E-state index >= 15 is 0 Å². The summed E-state index contributed by atoms with van der Waals surface area (Å²) in [6, 6.07) is 23.7. The number of rotatable bonds is 10. The Morgan fingerprint density at radius 1 is 0.672 bits per heavy atom. The smallest absolute Gasteiger partial charge is 0.377 e. The first-order valence-corrected chi connectivity index (χ1v) is 20.8. The van der Waals surface area contributed by atoms with Gasteiger partial charge in [0, 0.05) is 69.4 Å². The molecule has 2 aliphatic heterocycles. The highest BCUT2D eigenvalue weighted by molar-refractivity contribution is 9.11. The number of benzene rings is 4. The Morgan fingerprint density at radius 3 is 1.64 bits per heavy atom. The average molecular weight is 963 g/mol. The molecular weight excluding hydrogens is 922 g/mol. The molecule has 2 atom stereocenters. The molecule has 61 heavy (non-hydrogen) atoms. The van der Waals surface area contributed by atoms with E-state index in [-0.39, 0.29) is 39.6 Å². The Morgan fingerprint density at radius 2 is 1.16 bits per heavy atom. The Balaban J connectivity index is 0.000000169. The molecule has 3 amide bonds. The zero-order valence-corrected chi connectivity index (χ0v) is 35.6. The minimum atomic E-state index is -1.61. The average Bonchev–Trinajstić information content (AvgIpc) is 4.13. The number of carboxylic acid groups (broad SMARTS) is 1. The third kappa shape index (κ3) is 10.8. The molecule has 6 N–H and O–H groups in total. The Hall–Kier alpha value is -6.04. The normalized spacial score (nSPS) is 15.6. The van der Waals surface area contributed by atoms with E-state index in [1.807, 2.05) is 36.4 Å². The van der Waals surface area contributed by atoms with Gasteiger partial charge in [0.05, 0.1) is 22.2 Å². The predicted molar refractivity (Wildman–Crippen MR) is 231 cm³/mol. The molecule has 0 aliphatic carbocycles. The van der Waals surface area contributed by atoms with Gasteiger partial charge < -0.3 is 35.9 Å². The van der Waals surface area contributed by atoms with E-state index in [0.29, 0.717) is 57.5 Å². The van der Waals surface area contributed by atoms with Gasteiger partial charge in [-0.3, -0.25) is 24.0 Å². The molecular formula is C44H40Br2F2N6O7. The van der Waals surface area contributed by atoms with Crippen molar-refractivity contribution in [2.24, 2.45) is 11.8 Å². The summed E-state index contributed by atoms with van der Waals surface area (Å²) in [6.45, 7) is 4.08. The highest BCUT2D eigenvalue weighted by Gasteiger charge is 2.32.